The molecule has 6 nitrogen and oxygen atoms in total. The highest BCUT2D eigenvalue weighted by atomic mass is 16.2. The summed E-state index contributed by atoms with van der Waals surface area (Å²) >= 11 is 0. The standard InChI is InChI=1S/C17H22N4O2/c22-16-8-7-15(17(23)20-16)19-11-3-5-14(6-4-11)21-9-12-1-2-13(10-21)18-12/h3-6,12-13,15,18-19H,1-2,7-10H2,(H,20,22,23). The van der Waals surface area contributed by atoms with Crippen LogP contribution in [0.1, 0.15) is 25.7 Å². The first kappa shape index (κ1) is 14.5. The Labute approximate surface area is 135 Å². The lowest BCUT2D eigenvalue weighted by Gasteiger charge is -2.34. The lowest BCUT2D eigenvalue weighted by molar-refractivity contribution is -0.133. The largest absolute Gasteiger partial charge is 0.374 e. The maximum atomic E-state index is 11.8. The van der Waals surface area contributed by atoms with Gasteiger partial charge in [-0.1, -0.05) is 0 Å². The summed E-state index contributed by atoms with van der Waals surface area (Å²) in [6.45, 7) is 2.13. The van der Waals surface area contributed by atoms with Gasteiger partial charge in [0.2, 0.25) is 11.8 Å². The number of hydrogen-bond donors (Lipinski definition) is 3. The van der Waals surface area contributed by atoms with E-state index in [1.54, 1.807) is 0 Å². The van der Waals surface area contributed by atoms with Crippen LogP contribution < -0.4 is 20.9 Å². The average Bonchev–Trinajstić information content (AvgIpc) is 2.89. The number of anilines is 2. The molecule has 1 aromatic carbocycles. The van der Waals surface area contributed by atoms with Gasteiger partial charge in [-0.2, -0.15) is 0 Å². The van der Waals surface area contributed by atoms with Gasteiger partial charge in [-0.05, 0) is 43.5 Å². The van der Waals surface area contributed by atoms with Crippen molar-refractivity contribution in [1.82, 2.24) is 10.6 Å². The maximum absolute atomic E-state index is 11.8. The predicted octanol–water partition coefficient (Wildman–Crippen LogP) is 0.844. The summed E-state index contributed by atoms with van der Waals surface area (Å²) in [5.74, 6) is -0.416. The van der Waals surface area contributed by atoms with Crippen LogP contribution in [-0.2, 0) is 9.59 Å². The van der Waals surface area contributed by atoms with Crippen LogP contribution in [0, 0.1) is 0 Å². The number of nitrogens with one attached hydrogen (secondary N) is 3. The zero-order chi connectivity index (χ0) is 15.8. The number of fused-ring (bicyclic) bond motifs is 2. The van der Waals surface area contributed by atoms with E-state index in [4.69, 9.17) is 0 Å². The highest BCUT2D eigenvalue weighted by Gasteiger charge is 2.32. The highest BCUT2D eigenvalue weighted by Crippen LogP contribution is 2.26. The second kappa shape index (κ2) is 5.85. The highest BCUT2D eigenvalue weighted by molar-refractivity contribution is 6.01. The Hall–Kier alpha value is -2.08. The number of piperazine rings is 1. The molecule has 0 spiro atoms. The van der Waals surface area contributed by atoms with Crippen molar-refractivity contribution in [1.29, 1.82) is 0 Å². The van der Waals surface area contributed by atoms with Crippen LogP contribution in [0.25, 0.3) is 0 Å². The van der Waals surface area contributed by atoms with Gasteiger partial charge >= 0.3 is 0 Å². The van der Waals surface area contributed by atoms with Crippen molar-refractivity contribution >= 4 is 23.2 Å². The summed E-state index contributed by atoms with van der Waals surface area (Å²) in [7, 11) is 0. The monoisotopic (exact) mass is 314 g/mol. The summed E-state index contributed by atoms with van der Waals surface area (Å²) in [6.07, 6.45) is 3.49. The molecule has 0 radical (unpaired) electrons. The molecule has 0 aliphatic carbocycles. The van der Waals surface area contributed by atoms with E-state index in [0.717, 1.165) is 18.8 Å². The fraction of sp³-hybridized carbons (Fsp3) is 0.529. The Kier molecular flexibility index (Phi) is 3.69. The zero-order valence-corrected chi connectivity index (χ0v) is 13.0. The number of amides is 2. The van der Waals surface area contributed by atoms with Gasteiger partial charge in [0.15, 0.2) is 0 Å². The smallest absolute Gasteiger partial charge is 0.249 e. The molecule has 0 aromatic heterocycles. The van der Waals surface area contributed by atoms with Crippen LogP contribution in [0.2, 0.25) is 0 Å². The topological polar surface area (TPSA) is 73.5 Å². The summed E-state index contributed by atoms with van der Waals surface area (Å²) in [6, 6.07) is 9.17. The number of benzene rings is 1. The number of carbonyl (C=O) groups excluding carboxylic acids is 2. The quantitative estimate of drug-likeness (QED) is 0.721. The molecule has 6 heteroatoms. The SMILES string of the molecule is O=C1CCC(Nc2ccc(N3CC4CCC(C3)N4)cc2)C(=O)N1. The maximum Gasteiger partial charge on any atom is 0.249 e. The van der Waals surface area contributed by atoms with E-state index in [1.165, 1.54) is 18.5 Å². The van der Waals surface area contributed by atoms with E-state index in [1.807, 2.05) is 12.1 Å². The molecule has 3 fully saturated rings. The van der Waals surface area contributed by atoms with Crippen molar-refractivity contribution in [3.05, 3.63) is 24.3 Å². The molecule has 3 atom stereocenters. The van der Waals surface area contributed by atoms with Crippen LogP contribution >= 0.6 is 0 Å². The van der Waals surface area contributed by atoms with Crippen molar-refractivity contribution < 1.29 is 9.59 Å². The lowest BCUT2D eigenvalue weighted by atomic mass is 10.1. The summed E-state index contributed by atoms with van der Waals surface area (Å²) in [5.41, 5.74) is 2.15. The molecule has 23 heavy (non-hydrogen) atoms. The molecule has 3 N–H and O–H groups in total. The van der Waals surface area contributed by atoms with Crippen molar-refractivity contribution in [2.75, 3.05) is 23.3 Å². The number of piperidine rings is 1. The Morgan fingerprint density at radius 2 is 1.70 bits per heavy atom. The third kappa shape index (κ3) is 3.03. The van der Waals surface area contributed by atoms with Crippen LogP contribution in [-0.4, -0.2) is 43.0 Å². The normalized spacial score (nSPS) is 30.3. The van der Waals surface area contributed by atoms with Gasteiger partial charge in [0.25, 0.3) is 0 Å². The predicted molar refractivity (Wildman–Crippen MR) is 88.4 cm³/mol. The second-order valence-electron chi connectivity index (χ2n) is 6.74. The number of imide groups is 1. The summed E-state index contributed by atoms with van der Waals surface area (Å²) < 4.78 is 0. The zero-order valence-electron chi connectivity index (χ0n) is 13.0. The number of carbonyl (C=O) groups is 2. The van der Waals surface area contributed by atoms with Crippen molar-refractivity contribution in [2.45, 2.75) is 43.8 Å². The van der Waals surface area contributed by atoms with Gasteiger partial charge in [0.05, 0.1) is 0 Å². The molecule has 4 rings (SSSR count). The van der Waals surface area contributed by atoms with E-state index in [0.29, 0.717) is 24.9 Å². The van der Waals surface area contributed by atoms with Gasteiger partial charge < -0.3 is 15.5 Å². The molecular formula is C17H22N4O2. The molecule has 2 bridgehead atoms. The third-order valence-electron chi connectivity index (χ3n) is 5.03. The van der Waals surface area contributed by atoms with E-state index in [-0.39, 0.29) is 17.9 Å². The van der Waals surface area contributed by atoms with Gasteiger partial charge in [-0.3, -0.25) is 14.9 Å². The minimum Gasteiger partial charge on any atom is -0.374 e. The number of nitrogens with zero attached hydrogens (tertiary/aromatic N) is 1. The molecule has 3 heterocycles. The van der Waals surface area contributed by atoms with Crippen LogP contribution in [0.4, 0.5) is 11.4 Å². The van der Waals surface area contributed by atoms with Gasteiger partial charge in [-0.15, -0.1) is 0 Å². The first-order valence-corrected chi connectivity index (χ1v) is 8.39. The van der Waals surface area contributed by atoms with E-state index < -0.39 is 0 Å². The molecule has 3 unspecified atom stereocenters. The first-order chi connectivity index (χ1) is 11.2. The van der Waals surface area contributed by atoms with E-state index in [9.17, 15) is 9.59 Å². The molecule has 0 saturated carbocycles. The average molecular weight is 314 g/mol. The molecule has 122 valence electrons. The minimum atomic E-state index is -0.325. The molecule has 3 aliphatic rings. The summed E-state index contributed by atoms with van der Waals surface area (Å²) in [4.78, 5) is 25.4. The Morgan fingerprint density at radius 3 is 2.35 bits per heavy atom. The lowest BCUT2D eigenvalue weighted by Crippen LogP contribution is -2.51. The Balaban J connectivity index is 1.40. The van der Waals surface area contributed by atoms with E-state index in [2.05, 4.69) is 33.0 Å². The Morgan fingerprint density at radius 1 is 1.00 bits per heavy atom. The van der Waals surface area contributed by atoms with Crippen molar-refractivity contribution in [3.8, 4) is 0 Å². The van der Waals surface area contributed by atoms with Gasteiger partial charge in [0, 0.05) is 43.0 Å². The van der Waals surface area contributed by atoms with E-state index >= 15 is 0 Å². The van der Waals surface area contributed by atoms with Crippen molar-refractivity contribution in [2.24, 2.45) is 0 Å². The van der Waals surface area contributed by atoms with Gasteiger partial charge in [0.1, 0.15) is 6.04 Å². The molecule has 3 saturated heterocycles. The number of hydrogen-bond acceptors (Lipinski definition) is 5. The fourth-order valence-electron chi connectivity index (χ4n) is 3.81. The van der Waals surface area contributed by atoms with Gasteiger partial charge in [-0.25, -0.2) is 0 Å². The third-order valence-corrected chi connectivity index (χ3v) is 5.03. The van der Waals surface area contributed by atoms with Crippen LogP contribution in [0.5, 0.6) is 0 Å². The Bertz CT molecular complexity index is 604. The minimum absolute atomic E-state index is 0.184. The molecule has 1 aromatic rings. The van der Waals surface area contributed by atoms with Crippen molar-refractivity contribution in [3.63, 3.8) is 0 Å². The fourth-order valence-corrected chi connectivity index (χ4v) is 3.81. The molecule has 3 aliphatic heterocycles. The van der Waals surface area contributed by atoms with Crippen LogP contribution in [0.15, 0.2) is 24.3 Å². The number of rotatable bonds is 3. The van der Waals surface area contributed by atoms with Crippen LogP contribution in [0.3, 0.4) is 0 Å². The molecule has 2 amide bonds. The first-order valence-electron chi connectivity index (χ1n) is 8.39. The molecular weight excluding hydrogens is 292 g/mol. The summed E-state index contributed by atoms with van der Waals surface area (Å²) in [5, 5.41) is 9.23. The second-order valence-corrected chi connectivity index (χ2v) is 6.74.